The number of morpholine rings is 1. The first-order valence-electron chi connectivity index (χ1n) is 6.31. The molecule has 0 amide bonds. The zero-order valence-electron chi connectivity index (χ0n) is 10.7. The Labute approximate surface area is 123 Å². The van der Waals surface area contributed by atoms with Crippen LogP contribution in [0.15, 0.2) is 12.1 Å². The number of halogens is 2. The molecule has 1 saturated heterocycles. The first kappa shape index (κ1) is 14.9. The molecule has 1 aliphatic rings. The van der Waals surface area contributed by atoms with Gasteiger partial charge >= 0.3 is 0 Å². The van der Waals surface area contributed by atoms with Gasteiger partial charge in [-0.3, -0.25) is 4.90 Å². The zero-order valence-corrected chi connectivity index (χ0v) is 12.2. The minimum absolute atomic E-state index is 0.354. The summed E-state index contributed by atoms with van der Waals surface area (Å²) in [5.41, 5.74) is 6.51. The summed E-state index contributed by atoms with van der Waals surface area (Å²) in [6, 6.07) is 3.46. The fraction of sp³-hybridized carbons (Fsp3) is 0.538. The number of hydrogen-bond donors (Lipinski definition) is 1. The van der Waals surface area contributed by atoms with Gasteiger partial charge in [0, 0.05) is 36.8 Å². The molecular weight excluding hydrogens is 287 g/mol. The molecule has 0 radical (unpaired) electrons. The highest BCUT2D eigenvalue weighted by molar-refractivity contribution is 6.35. The molecule has 19 heavy (non-hydrogen) atoms. The first-order valence-corrected chi connectivity index (χ1v) is 7.07. The van der Waals surface area contributed by atoms with Crippen LogP contribution in [-0.2, 0) is 11.3 Å². The molecule has 0 bridgehead atoms. The lowest BCUT2D eigenvalue weighted by Gasteiger charge is -2.26. The Morgan fingerprint density at radius 2 is 2.00 bits per heavy atom. The maximum atomic E-state index is 6.14. The molecule has 2 N–H and O–H groups in total. The molecular formula is C13H18Cl2N2O2. The highest BCUT2D eigenvalue weighted by atomic mass is 35.5. The van der Waals surface area contributed by atoms with Gasteiger partial charge in [0.2, 0.25) is 0 Å². The summed E-state index contributed by atoms with van der Waals surface area (Å²) in [5, 5.41) is 1.08. The Balaban J connectivity index is 1.91. The SMILES string of the molecule is NCc1cc(Cl)cc(Cl)c1OCCN1CCOCC1. The number of rotatable bonds is 5. The van der Waals surface area contributed by atoms with Gasteiger partial charge in [0.15, 0.2) is 0 Å². The van der Waals surface area contributed by atoms with Crippen molar-refractivity contribution in [1.29, 1.82) is 0 Å². The van der Waals surface area contributed by atoms with Gasteiger partial charge in [0.05, 0.1) is 18.2 Å². The maximum Gasteiger partial charge on any atom is 0.142 e. The quantitative estimate of drug-likeness (QED) is 0.905. The third kappa shape index (κ3) is 4.23. The first-order chi connectivity index (χ1) is 9.20. The third-order valence-electron chi connectivity index (χ3n) is 3.06. The van der Waals surface area contributed by atoms with E-state index in [2.05, 4.69) is 4.90 Å². The lowest BCUT2D eigenvalue weighted by molar-refractivity contribution is 0.0322. The molecule has 0 atom stereocenters. The second-order valence-corrected chi connectivity index (χ2v) is 5.23. The van der Waals surface area contributed by atoms with Gasteiger partial charge in [-0.2, -0.15) is 0 Å². The number of ether oxygens (including phenoxy) is 2. The average molecular weight is 305 g/mol. The summed E-state index contributed by atoms with van der Waals surface area (Å²) in [6.45, 7) is 5.25. The van der Waals surface area contributed by atoms with E-state index in [0.717, 1.165) is 38.4 Å². The van der Waals surface area contributed by atoms with Crippen molar-refractivity contribution in [3.8, 4) is 5.75 Å². The van der Waals surface area contributed by atoms with Gasteiger partial charge in [-0.1, -0.05) is 23.2 Å². The predicted octanol–water partition coefficient (Wildman–Crippen LogP) is 2.16. The molecule has 0 aliphatic carbocycles. The molecule has 0 spiro atoms. The van der Waals surface area contributed by atoms with Gasteiger partial charge in [-0.05, 0) is 12.1 Å². The van der Waals surface area contributed by atoms with Crippen LogP contribution in [0.5, 0.6) is 5.75 Å². The maximum absolute atomic E-state index is 6.14. The zero-order chi connectivity index (χ0) is 13.7. The molecule has 2 rings (SSSR count). The summed E-state index contributed by atoms with van der Waals surface area (Å²) in [7, 11) is 0. The highest BCUT2D eigenvalue weighted by Gasteiger charge is 2.12. The van der Waals surface area contributed by atoms with E-state index in [1.54, 1.807) is 12.1 Å². The van der Waals surface area contributed by atoms with Gasteiger partial charge in [-0.25, -0.2) is 0 Å². The van der Waals surface area contributed by atoms with Crippen LogP contribution in [-0.4, -0.2) is 44.4 Å². The van der Waals surface area contributed by atoms with Crippen LogP contribution in [0, 0.1) is 0 Å². The standard InChI is InChI=1S/C13H18Cl2N2O2/c14-11-7-10(9-16)13(12(15)8-11)19-6-3-17-1-4-18-5-2-17/h7-8H,1-6,9,16H2. The Morgan fingerprint density at radius 3 is 2.68 bits per heavy atom. The van der Waals surface area contributed by atoms with E-state index >= 15 is 0 Å². The largest absolute Gasteiger partial charge is 0.490 e. The predicted molar refractivity (Wildman–Crippen MR) is 77.1 cm³/mol. The van der Waals surface area contributed by atoms with Crippen molar-refractivity contribution in [2.75, 3.05) is 39.5 Å². The molecule has 1 aliphatic heterocycles. The van der Waals surface area contributed by atoms with Crippen molar-refractivity contribution in [3.05, 3.63) is 27.7 Å². The molecule has 6 heteroatoms. The van der Waals surface area contributed by atoms with Crippen molar-refractivity contribution in [1.82, 2.24) is 4.90 Å². The smallest absolute Gasteiger partial charge is 0.142 e. The Kier molecular flexibility index (Phi) is 5.73. The van der Waals surface area contributed by atoms with Crippen molar-refractivity contribution in [3.63, 3.8) is 0 Å². The lowest BCUT2D eigenvalue weighted by atomic mass is 10.2. The van der Waals surface area contributed by atoms with Gasteiger partial charge in [0.25, 0.3) is 0 Å². The van der Waals surface area contributed by atoms with E-state index in [-0.39, 0.29) is 0 Å². The molecule has 1 heterocycles. The molecule has 106 valence electrons. The van der Waals surface area contributed by atoms with Crippen LogP contribution in [0.2, 0.25) is 10.0 Å². The van der Waals surface area contributed by atoms with Crippen LogP contribution in [0.3, 0.4) is 0 Å². The third-order valence-corrected chi connectivity index (χ3v) is 3.56. The Bertz CT molecular complexity index is 423. The topological polar surface area (TPSA) is 47.7 Å². The number of benzene rings is 1. The summed E-state index contributed by atoms with van der Waals surface area (Å²) in [4.78, 5) is 2.30. The summed E-state index contributed by atoms with van der Waals surface area (Å²) in [6.07, 6.45) is 0. The van der Waals surface area contributed by atoms with E-state index in [9.17, 15) is 0 Å². The van der Waals surface area contributed by atoms with E-state index in [1.807, 2.05) is 0 Å². The molecule has 0 unspecified atom stereocenters. The van der Waals surface area contributed by atoms with Crippen LogP contribution in [0.25, 0.3) is 0 Å². The van der Waals surface area contributed by atoms with Crippen LogP contribution in [0.1, 0.15) is 5.56 Å². The van der Waals surface area contributed by atoms with Crippen LogP contribution in [0.4, 0.5) is 0 Å². The molecule has 1 fully saturated rings. The van der Waals surface area contributed by atoms with Crippen molar-refractivity contribution in [2.24, 2.45) is 5.73 Å². The molecule has 0 aromatic heterocycles. The van der Waals surface area contributed by atoms with E-state index in [1.165, 1.54) is 0 Å². The monoisotopic (exact) mass is 304 g/mol. The Hall–Kier alpha value is -0.520. The van der Waals surface area contributed by atoms with Gasteiger partial charge in [0.1, 0.15) is 12.4 Å². The molecule has 4 nitrogen and oxygen atoms in total. The number of nitrogens with zero attached hydrogens (tertiary/aromatic N) is 1. The second kappa shape index (κ2) is 7.31. The van der Waals surface area contributed by atoms with Gasteiger partial charge < -0.3 is 15.2 Å². The normalized spacial score (nSPS) is 16.6. The number of nitrogens with two attached hydrogens (primary N) is 1. The minimum Gasteiger partial charge on any atom is -0.490 e. The van der Waals surface area contributed by atoms with Crippen molar-refractivity contribution in [2.45, 2.75) is 6.54 Å². The fourth-order valence-corrected chi connectivity index (χ4v) is 2.62. The van der Waals surface area contributed by atoms with Crippen molar-refractivity contribution >= 4 is 23.2 Å². The van der Waals surface area contributed by atoms with E-state index in [0.29, 0.717) is 28.9 Å². The molecule has 0 saturated carbocycles. The minimum atomic E-state index is 0.354. The summed E-state index contributed by atoms with van der Waals surface area (Å²) < 4.78 is 11.1. The molecule has 1 aromatic rings. The van der Waals surface area contributed by atoms with Gasteiger partial charge in [-0.15, -0.1) is 0 Å². The molecule has 1 aromatic carbocycles. The van der Waals surface area contributed by atoms with E-state index < -0.39 is 0 Å². The fourth-order valence-electron chi connectivity index (χ4n) is 2.03. The van der Waals surface area contributed by atoms with Crippen LogP contribution >= 0.6 is 23.2 Å². The van der Waals surface area contributed by atoms with Crippen molar-refractivity contribution < 1.29 is 9.47 Å². The van der Waals surface area contributed by atoms with E-state index in [4.69, 9.17) is 38.4 Å². The second-order valence-electron chi connectivity index (χ2n) is 4.38. The average Bonchev–Trinajstić information content (AvgIpc) is 2.42. The van der Waals surface area contributed by atoms with Crippen LogP contribution < -0.4 is 10.5 Å². The summed E-state index contributed by atoms with van der Waals surface area (Å²) in [5.74, 6) is 0.641. The Morgan fingerprint density at radius 1 is 1.26 bits per heavy atom. The number of hydrogen-bond acceptors (Lipinski definition) is 4. The highest BCUT2D eigenvalue weighted by Crippen LogP contribution is 2.32. The summed E-state index contributed by atoms with van der Waals surface area (Å²) >= 11 is 12.1. The lowest BCUT2D eigenvalue weighted by Crippen LogP contribution is -2.38.